The van der Waals surface area contributed by atoms with Crippen LogP contribution in [0.15, 0.2) is 41.3 Å². The molecule has 1 N–H and O–H groups in total. The summed E-state index contributed by atoms with van der Waals surface area (Å²) in [6.07, 6.45) is -0.947. The van der Waals surface area contributed by atoms with E-state index in [0.717, 1.165) is 11.1 Å². The second-order valence-corrected chi connectivity index (χ2v) is 8.15. The van der Waals surface area contributed by atoms with Crippen LogP contribution in [0.25, 0.3) is 0 Å². The summed E-state index contributed by atoms with van der Waals surface area (Å²) < 4.78 is 38.9. The van der Waals surface area contributed by atoms with Crippen molar-refractivity contribution in [1.29, 1.82) is 0 Å². The van der Waals surface area contributed by atoms with Gasteiger partial charge in [-0.1, -0.05) is 12.1 Å². The standard InChI is InChI=1S/C19H22N2O5S/c1-12-9-16(25-4)18(10-13(12)2)27(23,24)20-11-17-19(22)21(3)14-7-5-6-8-15(14)26-17/h5-10,17,20H,11H2,1-4H3. The van der Waals surface area contributed by atoms with Gasteiger partial charge in [-0.2, -0.15) is 0 Å². The molecular formula is C19H22N2O5S. The van der Waals surface area contributed by atoms with Crippen molar-refractivity contribution in [1.82, 2.24) is 4.72 Å². The molecule has 0 spiro atoms. The zero-order valence-electron chi connectivity index (χ0n) is 15.6. The summed E-state index contributed by atoms with van der Waals surface area (Å²) in [7, 11) is -0.830. The number of nitrogens with zero attached hydrogens (tertiary/aromatic N) is 1. The molecule has 1 unspecified atom stereocenters. The van der Waals surface area contributed by atoms with E-state index in [1.807, 2.05) is 13.8 Å². The lowest BCUT2D eigenvalue weighted by Crippen LogP contribution is -2.49. The monoisotopic (exact) mass is 390 g/mol. The molecule has 0 radical (unpaired) electrons. The van der Waals surface area contributed by atoms with Crippen molar-refractivity contribution in [3.05, 3.63) is 47.5 Å². The number of amides is 1. The lowest BCUT2D eigenvalue weighted by molar-refractivity contribution is -0.125. The summed E-state index contributed by atoms with van der Waals surface area (Å²) in [6, 6.07) is 10.3. The van der Waals surface area contributed by atoms with Crippen molar-refractivity contribution in [2.45, 2.75) is 24.8 Å². The summed E-state index contributed by atoms with van der Waals surface area (Å²) in [5, 5.41) is 0. The number of fused-ring (bicyclic) bond motifs is 1. The first-order valence-corrected chi connectivity index (χ1v) is 9.91. The van der Waals surface area contributed by atoms with Crippen LogP contribution in [0, 0.1) is 13.8 Å². The van der Waals surface area contributed by atoms with Crippen LogP contribution in [0.5, 0.6) is 11.5 Å². The van der Waals surface area contributed by atoms with E-state index in [-0.39, 0.29) is 23.1 Å². The predicted octanol–water partition coefficient (Wildman–Crippen LogP) is 2.01. The van der Waals surface area contributed by atoms with Crippen molar-refractivity contribution in [3.63, 3.8) is 0 Å². The molecule has 1 aliphatic rings. The van der Waals surface area contributed by atoms with Crippen molar-refractivity contribution in [3.8, 4) is 11.5 Å². The zero-order chi connectivity index (χ0) is 19.8. The van der Waals surface area contributed by atoms with Gasteiger partial charge >= 0.3 is 0 Å². The number of methoxy groups -OCH3 is 1. The van der Waals surface area contributed by atoms with Crippen LogP contribution in [0.3, 0.4) is 0 Å². The average Bonchev–Trinajstić information content (AvgIpc) is 2.65. The van der Waals surface area contributed by atoms with E-state index in [0.29, 0.717) is 11.4 Å². The van der Waals surface area contributed by atoms with Crippen LogP contribution >= 0.6 is 0 Å². The smallest absolute Gasteiger partial charge is 0.269 e. The van der Waals surface area contributed by atoms with E-state index in [4.69, 9.17) is 9.47 Å². The first-order chi connectivity index (χ1) is 12.7. The number of sulfonamides is 1. The predicted molar refractivity (Wildman–Crippen MR) is 102 cm³/mol. The van der Waals surface area contributed by atoms with Crippen LogP contribution in [0.1, 0.15) is 11.1 Å². The number of ether oxygens (including phenoxy) is 2. The number of aryl methyl sites for hydroxylation is 2. The Morgan fingerprint density at radius 1 is 1.19 bits per heavy atom. The van der Waals surface area contributed by atoms with Crippen molar-refractivity contribution in [2.75, 3.05) is 25.6 Å². The van der Waals surface area contributed by atoms with Gasteiger partial charge in [0.15, 0.2) is 6.10 Å². The maximum atomic E-state index is 12.8. The van der Waals surface area contributed by atoms with Gasteiger partial charge in [0, 0.05) is 7.05 Å². The van der Waals surface area contributed by atoms with Crippen molar-refractivity contribution in [2.24, 2.45) is 0 Å². The minimum absolute atomic E-state index is 0.0325. The minimum atomic E-state index is -3.89. The summed E-state index contributed by atoms with van der Waals surface area (Å²) >= 11 is 0. The van der Waals surface area contributed by atoms with Crippen LogP contribution in [0.4, 0.5) is 5.69 Å². The molecule has 0 aliphatic carbocycles. The van der Waals surface area contributed by atoms with Gasteiger partial charge in [-0.15, -0.1) is 0 Å². The summed E-state index contributed by atoms with van der Waals surface area (Å²) in [5.74, 6) is 0.472. The number of rotatable bonds is 5. The second-order valence-electron chi connectivity index (χ2n) is 6.41. The largest absolute Gasteiger partial charge is 0.495 e. The lowest BCUT2D eigenvalue weighted by Gasteiger charge is -2.31. The van der Waals surface area contributed by atoms with Crippen LogP contribution in [-0.4, -0.2) is 41.1 Å². The zero-order valence-corrected chi connectivity index (χ0v) is 16.5. The third-order valence-corrected chi connectivity index (χ3v) is 6.07. The van der Waals surface area contributed by atoms with E-state index in [2.05, 4.69) is 4.72 Å². The van der Waals surface area contributed by atoms with Crippen molar-refractivity contribution >= 4 is 21.6 Å². The molecule has 2 aromatic rings. The molecule has 0 saturated carbocycles. The minimum Gasteiger partial charge on any atom is -0.495 e. The van der Waals surface area contributed by atoms with Crippen LogP contribution in [0.2, 0.25) is 0 Å². The molecule has 144 valence electrons. The lowest BCUT2D eigenvalue weighted by atomic mass is 10.1. The molecule has 3 rings (SSSR count). The molecule has 0 fully saturated rings. The molecule has 1 heterocycles. The van der Waals surface area contributed by atoms with Gasteiger partial charge < -0.3 is 14.4 Å². The van der Waals surface area contributed by atoms with Gasteiger partial charge in [0.2, 0.25) is 10.0 Å². The summed E-state index contributed by atoms with van der Waals surface area (Å²) in [4.78, 5) is 14.0. The number of carbonyl (C=O) groups excluding carboxylic acids is 1. The maximum absolute atomic E-state index is 12.8. The van der Waals surface area contributed by atoms with Gasteiger partial charge in [-0.25, -0.2) is 13.1 Å². The highest BCUT2D eigenvalue weighted by molar-refractivity contribution is 7.89. The summed E-state index contributed by atoms with van der Waals surface area (Å²) in [6.45, 7) is 3.52. The molecule has 0 saturated heterocycles. The molecule has 1 atom stereocenters. The molecule has 0 aromatic heterocycles. The molecule has 8 heteroatoms. The first-order valence-electron chi connectivity index (χ1n) is 8.42. The highest BCUT2D eigenvalue weighted by Gasteiger charge is 2.33. The van der Waals surface area contributed by atoms with E-state index in [9.17, 15) is 13.2 Å². The van der Waals surface area contributed by atoms with E-state index in [1.54, 1.807) is 43.4 Å². The topological polar surface area (TPSA) is 84.9 Å². The SMILES string of the molecule is COc1cc(C)c(C)cc1S(=O)(=O)NCC1Oc2ccccc2N(C)C1=O. The first kappa shape index (κ1) is 19.2. The molecule has 1 amide bonds. The van der Waals surface area contributed by atoms with E-state index in [1.165, 1.54) is 12.0 Å². The van der Waals surface area contributed by atoms with Gasteiger partial charge in [-0.3, -0.25) is 4.79 Å². The Morgan fingerprint density at radius 2 is 1.85 bits per heavy atom. The Labute approximate surface area is 158 Å². The number of para-hydroxylation sites is 2. The van der Waals surface area contributed by atoms with Crippen LogP contribution < -0.4 is 19.1 Å². The number of nitrogens with one attached hydrogen (secondary N) is 1. The average molecular weight is 390 g/mol. The quantitative estimate of drug-likeness (QED) is 0.844. The summed E-state index contributed by atoms with van der Waals surface area (Å²) in [5.41, 5.74) is 2.40. The Morgan fingerprint density at radius 3 is 2.56 bits per heavy atom. The van der Waals surface area contributed by atoms with E-state index < -0.39 is 16.1 Å². The second kappa shape index (κ2) is 7.21. The molecule has 7 nitrogen and oxygen atoms in total. The number of hydrogen-bond donors (Lipinski definition) is 1. The highest BCUT2D eigenvalue weighted by atomic mass is 32.2. The van der Waals surface area contributed by atoms with E-state index >= 15 is 0 Å². The third-order valence-electron chi connectivity index (χ3n) is 4.63. The van der Waals surface area contributed by atoms with Gasteiger partial charge in [0.1, 0.15) is 16.4 Å². The van der Waals surface area contributed by atoms with Crippen molar-refractivity contribution < 1.29 is 22.7 Å². The number of anilines is 1. The fourth-order valence-electron chi connectivity index (χ4n) is 2.90. The highest BCUT2D eigenvalue weighted by Crippen LogP contribution is 2.32. The Hall–Kier alpha value is -2.58. The Bertz CT molecular complexity index is 988. The van der Waals surface area contributed by atoms with Gasteiger partial charge in [0.05, 0.1) is 19.3 Å². The number of hydrogen-bond acceptors (Lipinski definition) is 5. The maximum Gasteiger partial charge on any atom is 0.269 e. The number of carbonyl (C=O) groups is 1. The normalized spacial score (nSPS) is 16.7. The number of likely N-dealkylation sites (N-methyl/N-ethyl adjacent to an activating group) is 1. The molecule has 1 aliphatic heterocycles. The fraction of sp³-hybridized carbons (Fsp3) is 0.316. The molecule has 0 bridgehead atoms. The van der Waals surface area contributed by atoms with Gasteiger partial charge in [-0.05, 0) is 49.2 Å². The Kier molecular flexibility index (Phi) is 5.12. The fourth-order valence-corrected chi connectivity index (χ4v) is 4.16. The molecule has 27 heavy (non-hydrogen) atoms. The molecular weight excluding hydrogens is 368 g/mol. The Balaban J connectivity index is 1.82. The molecule has 2 aromatic carbocycles. The van der Waals surface area contributed by atoms with Gasteiger partial charge in [0.25, 0.3) is 5.91 Å². The number of benzene rings is 2. The third kappa shape index (κ3) is 3.63. The van der Waals surface area contributed by atoms with Crippen LogP contribution in [-0.2, 0) is 14.8 Å².